The summed E-state index contributed by atoms with van der Waals surface area (Å²) in [7, 11) is 0. The van der Waals surface area contributed by atoms with Gasteiger partial charge >= 0.3 is 0 Å². The summed E-state index contributed by atoms with van der Waals surface area (Å²) in [4.78, 5) is 12.7. The largest absolute Gasteiger partial charge is 0.325 e. The number of hydrogen-bond acceptors (Lipinski definition) is 5. The number of carbonyl (C=O) groups is 1. The Morgan fingerprint density at radius 3 is 2.44 bits per heavy atom. The third-order valence-electron chi connectivity index (χ3n) is 4.40. The number of amides is 1. The van der Waals surface area contributed by atoms with Crippen molar-refractivity contribution >= 4 is 23.4 Å². The lowest BCUT2D eigenvalue weighted by atomic mass is 10.1. The first kappa shape index (κ1) is 19.1. The lowest BCUT2D eigenvalue weighted by Gasteiger charge is -2.15. The van der Waals surface area contributed by atoms with Gasteiger partial charge in [-0.15, -0.1) is 5.10 Å². The van der Waals surface area contributed by atoms with Crippen LogP contribution in [0.25, 0.3) is 5.69 Å². The van der Waals surface area contributed by atoms with Gasteiger partial charge in [0.05, 0.1) is 10.9 Å². The molecule has 0 fully saturated rings. The molecule has 1 heterocycles. The highest BCUT2D eigenvalue weighted by Gasteiger charge is 2.21. The van der Waals surface area contributed by atoms with E-state index in [1.807, 2.05) is 65.0 Å². The van der Waals surface area contributed by atoms with Crippen molar-refractivity contribution in [2.24, 2.45) is 0 Å². The smallest absolute Gasteiger partial charge is 0.237 e. The van der Waals surface area contributed by atoms with Crippen LogP contribution in [0.5, 0.6) is 0 Å². The second-order valence-electron chi connectivity index (χ2n) is 6.68. The van der Waals surface area contributed by atoms with Gasteiger partial charge < -0.3 is 5.32 Å². The number of aromatic nitrogens is 4. The molecule has 27 heavy (non-hydrogen) atoms. The van der Waals surface area contributed by atoms with E-state index in [1.165, 1.54) is 17.3 Å². The summed E-state index contributed by atoms with van der Waals surface area (Å²) in [5.74, 6) is -0.0763. The van der Waals surface area contributed by atoms with Gasteiger partial charge in [-0.1, -0.05) is 47.7 Å². The van der Waals surface area contributed by atoms with Crippen molar-refractivity contribution in [3.05, 3.63) is 58.7 Å². The van der Waals surface area contributed by atoms with Crippen LogP contribution in [0.1, 0.15) is 29.2 Å². The van der Waals surface area contributed by atoms with E-state index in [-0.39, 0.29) is 11.2 Å². The number of nitrogens with one attached hydrogen (secondary N) is 1. The van der Waals surface area contributed by atoms with Gasteiger partial charge in [0.2, 0.25) is 11.1 Å². The summed E-state index contributed by atoms with van der Waals surface area (Å²) in [6, 6.07) is 12.1. The number of hydrogen-bond donors (Lipinski definition) is 1. The van der Waals surface area contributed by atoms with Gasteiger partial charge in [0, 0.05) is 5.69 Å². The summed E-state index contributed by atoms with van der Waals surface area (Å²) in [6.45, 7) is 9.90. The molecule has 0 aliphatic carbocycles. The van der Waals surface area contributed by atoms with Crippen LogP contribution in [-0.4, -0.2) is 31.4 Å². The van der Waals surface area contributed by atoms with E-state index in [9.17, 15) is 4.79 Å². The van der Waals surface area contributed by atoms with E-state index in [0.717, 1.165) is 28.1 Å². The SMILES string of the molecule is Cc1ccc(-n2nnnc2SC(C)C(=O)Nc2c(C)cccc2C)c(C)c1. The Bertz CT molecular complexity index is 962. The molecule has 140 valence electrons. The summed E-state index contributed by atoms with van der Waals surface area (Å²) >= 11 is 1.34. The fourth-order valence-electron chi connectivity index (χ4n) is 2.89. The van der Waals surface area contributed by atoms with Crippen LogP contribution in [0.4, 0.5) is 5.69 Å². The third kappa shape index (κ3) is 4.19. The molecule has 7 heteroatoms. The van der Waals surface area contributed by atoms with Crippen molar-refractivity contribution in [2.45, 2.75) is 45.0 Å². The zero-order valence-electron chi connectivity index (χ0n) is 16.1. The number of tetrazole rings is 1. The standard InChI is InChI=1S/C20H23N5OS/c1-12-9-10-17(15(4)11-12)25-20(22-23-24-25)27-16(5)19(26)21-18-13(2)7-6-8-14(18)3/h6-11,16H,1-5H3,(H,21,26). The molecule has 0 spiro atoms. The predicted molar refractivity (Wildman–Crippen MR) is 108 cm³/mol. The van der Waals surface area contributed by atoms with Gasteiger partial charge in [0.15, 0.2) is 0 Å². The van der Waals surface area contributed by atoms with E-state index in [1.54, 1.807) is 4.68 Å². The maximum absolute atomic E-state index is 12.7. The first-order chi connectivity index (χ1) is 12.9. The average Bonchev–Trinajstić information content (AvgIpc) is 3.06. The molecular weight excluding hydrogens is 358 g/mol. The highest BCUT2D eigenvalue weighted by atomic mass is 32.2. The van der Waals surface area contributed by atoms with Crippen molar-refractivity contribution in [1.29, 1.82) is 0 Å². The molecule has 3 rings (SSSR count). The van der Waals surface area contributed by atoms with Crippen LogP contribution in [-0.2, 0) is 4.79 Å². The van der Waals surface area contributed by atoms with Gasteiger partial charge in [-0.25, -0.2) is 0 Å². The van der Waals surface area contributed by atoms with Crippen molar-refractivity contribution < 1.29 is 4.79 Å². The van der Waals surface area contributed by atoms with E-state index in [4.69, 9.17) is 0 Å². The van der Waals surface area contributed by atoms with Crippen molar-refractivity contribution in [1.82, 2.24) is 20.2 Å². The highest BCUT2D eigenvalue weighted by molar-refractivity contribution is 8.00. The van der Waals surface area contributed by atoms with Crippen molar-refractivity contribution in [2.75, 3.05) is 5.32 Å². The molecule has 1 atom stereocenters. The van der Waals surface area contributed by atoms with Crippen molar-refractivity contribution in [3.63, 3.8) is 0 Å². The topological polar surface area (TPSA) is 72.7 Å². The van der Waals surface area contributed by atoms with Crippen molar-refractivity contribution in [3.8, 4) is 5.69 Å². The normalized spacial score (nSPS) is 12.0. The minimum Gasteiger partial charge on any atom is -0.325 e. The lowest BCUT2D eigenvalue weighted by molar-refractivity contribution is -0.115. The molecule has 0 aliphatic rings. The molecule has 0 radical (unpaired) electrons. The maximum atomic E-state index is 12.7. The van der Waals surface area contributed by atoms with Crippen LogP contribution in [0.2, 0.25) is 0 Å². The fourth-order valence-corrected chi connectivity index (χ4v) is 3.70. The summed E-state index contributed by atoms with van der Waals surface area (Å²) in [5.41, 5.74) is 6.12. The molecule has 1 amide bonds. The quantitative estimate of drug-likeness (QED) is 0.676. The van der Waals surface area contributed by atoms with Crippen LogP contribution in [0.15, 0.2) is 41.6 Å². The van der Waals surface area contributed by atoms with Gasteiger partial charge in [-0.05, 0) is 67.8 Å². The number of thioether (sulfide) groups is 1. The fraction of sp³-hybridized carbons (Fsp3) is 0.300. The molecule has 0 saturated heterocycles. The average molecular weight is 382 g/mol. The highest BCUT2D eigenvalue weighted by Crippen LogP contribution is 2.26. The lowest BCUT2D eigenvalue weighted by Crippen LogP contribution is -2.24. The van der Waals surface area contributed by atoms with Crippen LogP contribution in [0, 0.1) is 27.7 Å². The minimum atomic E-state index is -0.348. The third-order valence-corrected chi connectivity index (χ3v) is 5.44. The molecule has 3 aromatic rings. The number of carbonyl (C=O) groups excluding carboxylic acids is 1. The molecule has 1 aromatic heterocycles. The van der Waals surface area contributed by atoms with E-state index >= 15 is 0 Å². The Labute approximate surface area is 163 Å². The first-order valence-electron chi connectivity index (χ1n) is 8.76. The number of nitrogens with zero attached hydrogens (tertiary/aromatic N) is 4. The minimum absolute atomic E-state index is 0.0763. The number of benzene rings is 2. The molecular formula is C20H23N5OS. The molecule has 6 nitrogen and oxygen atoms in total. The number of rotatable bonds is 5. The van der Waals surface area contributed by atoms with Gasteiger partial charge in [-0.3, -0.25) is 4.79 Å². The number of anilines is 1. The summed E-state index contributed by atoms with van der Waals surface area (Å²) in [6.07, 6.45) is 0. The number of para-hydroxylation sites is 1. The maximum Gasteiger partial charge on any atom is 0.237 e. The molecule has 0 saturated carbocycles. The Kier molecular flexibility index (Phi) is 5.60. The Morgan fingerprint density at radius 2 is 1.78 bits per heavy atom. The molecule has 2 aromatic carbocycles. The van der Waals surface area contributed by atoms with Crippen LogP contribution in [0.3, 0.4) is 0 Å². The second-order valence-corrected chi connectivity index (χ2v) is 7.99. The zero-order chi connectivity index (χ0) is 19.6. The van der Waals surface area contributed by atoms with E-state index in [2.05, 4.69) is 26.9 Å². The number of aryl methyl sites for hydroxylation is 4. The summed E-state index contributed by atoms with van der Waals surface area (Å²) < 4.78 is 1.68. The van der Waals surface area contributed by atoms with E-state index < -0.39 is 0 Å². The predicted octanol–water partition coefficient (Wildman–Crippen LogP) is 4.02. The first-order valence-corrected chi connectivity index (χ1v) is 9.64. The van der Waals surface area contributed by atoms with Crippen LogP contribution >= 0.6 is 11.8 Å². The Morgan fingerprint density at radius 1 is 1.07 bits per heavy atom. The monoisotopic (exact) mass is 381 g/mol. The summed E-state index contributed by atoms with van der Waals surface area (Å²) in [5, 5.41) is 15.3. The molecule has 0 bridgehead atoms. The molecule has 1 N–H and O–H groups in total. The van der Waals surface area contributed by atoms with Gasteiger partial charge in [0.1, 0.15) is 0 Å². The second kappa shape index (κ2) is 7.92. The van der Waals surface area contributed by atoms with E-state index in [0.29, 0.717) is 5.16 Å². The van der Waals surface area contributed by atoms with Gasteiger partial charge in [0.25, 0.3) is 0 Å². The Hall–Kier alpha value is -2.67. The Balaban J connectivity index is 1.78. The molecule has 0 aliphatic heterocycles. The molecule has 1 unspecified atom stereocenters. The van der Waals surface area contributed by atoms with Crippen LogP contribution < -0.4 is 5.32 Å². The zero-order valence-corrected chi connectivity index (χ0v) is 17.0. The van der Waals surface area contributed by atoms with Gasteiger partial charge in [-0.2, -0.15) is 4.68 Å².